The van der Waals surface area contributed by atoms with Crippen molar-refractivity contribution in [2.24, 2.45) is 0 Å². The molecule has 0 bridgehead atoms. The largest absolute Gasteiger partial charge is 0.313 e. The maximum Gasteiger partial charge on any atom is 0.268 e. The molecule has 4 nitrogen and oxygen atoms in total. The van der Waals surface area contributed by atoms with E-state index in [4.69, 9.17) is 0 Å². The van der Waals surface area contributed by atoms with Crippen LogP contribution in [0.4, 0.5) is 4.39 Å². The monoisotopic (exact) mass is 384 g/mol. The van der Waals surface area contributed by atoms with E-state index >= 15 is 0 Å². The molecule has 140 valence electrons. The van der Waals surface area contributed by atoms with Gasteiger partial charge in [0.1, 0.15) is 5.82 Å². The van der Waals surface area contributed by atoms with Crippen molar-refractivity contribution in [1.29, 1.82) is 0 Å². The predicted octanol–water partition coefficient (Wildman–Crippen LogP) is 4.05. The van der Waals surface area contributed by atoms with E-state index in [-0.39, 0.29) is 10.9 Å². The normalized spacial score (nSPS) is 16.5. The van der Waals surface area contributed by atoms with Crippen LogP contribution in [0, 0.1) is 12.7 Å². The number of hydrogen-bond acceptors (Lipinski definition) is 3. The van der Waals surface area contributed by atoms with Gasteiger partial charge in [0, 0.05) is 17.3 Å². The van der Waals surface area contributed by atoms with E-state index in [1.807, 2.05) is 44.3 Å². The molecule has 0 amide bonds. The Balaban J connectivity index is 2.01. The molecule has 6 heteroatoms. The summed E-state index contributed by atoms with van der Waals surface area (Å²) in [5.41, 5.74) is 4.25. The van der Waals surface area contributed by atoms with Crippen LogP contribution in [0.1, 0.15) is 29.3 Å². The molecule has 0 spiro atoms. The number of nitrogens with one attached hydrogen (secondary N) is 1. The Hall–Kier alpha value is -2.44. The van der Waals surface area contributed by atoms with Crippen molar-refractivity contribution in [1.82, 2.24) is 9.29 Å². The number of hydrogen-bond donors (Lipinski definition) is 1. The van der Waals surface area contributed by atoms with Crippen molar-refractivity contribution in [2.75, 3.05) is 7.05 Å². The molecule has 0 fully saturated rings. The highest BCUT2D eigenvalue weighted by molar-refractivity contribution is 7.90. The summed E-state index contributed by atoms with van der Waals surface area (Å²) in [6, 6.07) is 15.0. The number of nitrogens with zero attached hydrogens (tertiary/aromatic N) is 1. The van der Waals surface area contributed by atoms with E-state index in [1.165, 1.54) is 22.2 Å². The average molecular weight is 384 g/mol. The van der Waals surface area contributed by atoms with Crippen molar-refractivity contribution in [3.05, 3.63) is 77.2 Å². The average Bonchev–Trinajstić information content (AvgIpc) is 3.20. The summed E-state index contributed by atoms with van der Waals surface area (Å²) in [6.07, 6.45) is 1.50. The van der Waals surface area contributed by atoms with Crippen molar-refractivity contribution >= 4 is 10.0 Å². The number of fused-ring (bicyclic) bond motifs is 1. The van der Waals surface area contributed by atoms with E-state index in [9.17, 15) is 12.8 Å². The Morgan fingerprint density at radius 3 is 2.59 bits per heavy atom. The second kappa shape index (κ2) is 6.62. The maximum absolute atomic E-state index is 13.7. The van der Waals surface area contributed by atoms with Crippen molar-refractivity contribution < 1.29 is 12.8 Å². The summed E-state index contributed by atoms with van der Waals surface area (Å²) in [7, 11) is -2.04. The number of aromatic nitrogens is 1. The summed E-state index contributed by atoms with van der Waals surface area (Å²) in [6.45, 7) is 1.96. The summed E-state index contributed by atoms with van der Waals surface area (Å²) in [5, 5.41) is 3.26. The van der Waals surface area contributed by atoms with Gasteiger partial charge in [-0.25, -0.2) is 16.8 Å². The number of aryl methyl sites for hydroxylation is 1. The first-order valence-corrected chi connectivity index (χ1v) is 10.4. The van der Waals surface area contributed by atoms with Gasteiger partial charge in [0.25, 0.3) is 10.0 Å². The lowest BCUT2D eigenvalue weighted by Gasteiger charge is -2.15. The first-order valence-electron chi connectivity index (χ1n) is 8.92. The van der Waals surface area contributed by atoms with Crippen molar-refractivity contribution in [3.63, 3.8) is 0 Å². The molecule has 4 rings (SSSR count). The third-order valence-electron chi connectivity index (χ3n) is 5.24. The van der Waals surface area contributed by atoms with Gasteiger partial charge in [-0.05, 0) is 62.2 Å². The van der Waals surface area contributed by atoms with Crippen LogP contribution in [-0.2, 0) is 16.4 Å². The van der Waals surface area contributed by atoms with Gasteiger partial charge in [0.15, 0.2) is 0 Å². The van der Waals surface area contributed by atoms with E-state index in [1.54, 1.807) is 0 Å². The van der Waals surface area contributed by atoms with Crippen LogP contribution in [0.15, 0.2) is 59.5 Å². The maximum atomic E-state index is 13.7. The second-order valence-corrected chi connectivity index (χ2v) is 8.64. The van der Waals surface area contributed by atoms with E-state index in [0.29, 0.717) is 12.1 Å². The Bertz CT molecular complexity index is 1120. The SMILES string of the molecule is CNC1CCc2c1cc(-c1ccccc1C)n2S(=O)(=O)c1cccc(F)c1. The predicted molar refractivity (Wildman–Crippen MR) is 104 cm³/mol. The lowest BCUT2D eigenvalue weighted by Crippen LogP contribution is -2.17. The highest BCUT2D eigenvalue weighted by Gasteiger charge is 2.33. The van der Waals surface area contributed by atoms with Crippen LogP contribution in [0.3, 0.4) is 0 Å². The second-order valence-electron chi connectivity index (χ2n) is 6.85. The molecule has 1 unspecified atom stereocenters. The van der Waals surface area contributed by atoms with Gasteiger partial charge in [-0.1, -0.05) is 30.3 Å². The molecule has 0 radical (unpaired) electrons. The molecule has 1 aliphatic carbocycles. The number of rotatable bonds is 4. The molecular weight excluding hydrogens is 363 g/mol. The minimum atomic E-state index is -3.92. The van der Waals surface area contributed by atoms with Crippen LogP contribution in [-0.4, -0.2) is 19.4 Å². The van der Waals surface area contributed by atoms with Gasteiger partial charge in [-0.15, -0.1) is 0 Å². The van der Waals surface area contributed by atoms with Crippen molar-refractivity contribution in [2.45, 2.75) is 30.7 Å². The third-order valence-corrected chi connectivity index (χ3v) is 6.99. The molecule has 1 aliphatic rings. The molecule has 27 heavy (non-hydrogen) atoms. The lowest BCUT2D eigenvalue weighted by atomic mass is 10.0. The quantitative estimate of drug-likeness (QED) is 0.738. The van der Waals surface area contributed by atoms with Gasteiger partial charge in [0.05, 0.1) is 10.6 Å². The van der Waals surface area contributed by atoms with Gasteiger partial charge in [0.2, 0.25) is 0 Å². The Morgan fingerprint density at radius 1 is 1.11 bits per heavy atom. The first kappa shape index (κ1) is 17.9. The Morgan fingerprint density at radius 2 is 1.89 bits per heavy atom. The van der Waals surface area contributed by atoms with Gasteiger partial charge >= 0.3 is 0 Å². The molecule has 0 aliphatic heterocycles. The van der Waals surface area contributed by atoms with Crippen LogP contribution in [0.2, 0.25) is 0 Å². The summed E-state index contributed by atoms with van der Waals surface area (Å²) in [4.78, 5) is -0.0383. The lowest BCUT2D eigenvalue weighted by molar-refractivity contribution is 0.579. The fourth-order valence-corrected chi connectivity index (χ4v) is 5.51. The van der Waals surface area contributed by atoms with Crippen LogP contribution < -0.4 is 5.32 Å². The first-order chi connectivity index (χ1) is 12.9. The summed E-state index contributed by atoms with van der Waals surface area (Å²) >= 11 is 0. The molecular formula is C21H21FN2O2S. The van der Waals surface area contributed by atoms with Crippen LogP contribution in [0.25, 0.3) is 11.3 Å². The zero-order valence-electron chi connectivity index (χ0n) is 15.2. The van der Waals surface area contributed by atoms with E-state index < -0.39 is 15.8 Å². The standard InChI is InChI=1S/C21H21FN2O2S/c1-14-6-3-4-9-17(14)21-13-18-19(23-2)10-11-20(18)24(21)27(25,26)16-8-5-7-15(22)12-16/h3-9,12-13,19,23H,10-11H2,1-2H3. The Labute approximate surface area is 158 Å². The van der Waals surface area contributed by atoms with Gasteiger partial charge < -0.3 is 5.32 Å². The molecule has 0 saturated heterocycles. The van der Waals surface area contributed by atoms with Crippen LogP contribution >= 0.6 is 0 Å². The number of halogens is 1. The molecule has 1 atom stereocenters. The third kappa shape index (κ3) is 2.89. The van der Waals surface area contributed by atoms with Crippen LogP contribution in [0.5, 0.6) is 0 Å². The highest BCUT2D eigenvalue weighted by atomic mass is 32.2. The molecule has 1 aromatic heterocycles. The topological polar surface area (TPSA) is 51.1 Å². The van der Waals surface area contributed by atoms with Gasteiger partial charge in [-0.2, -0.15) is 0 Å². The summed E-state index contributed by atoms with van der Waals surface area (Å²) in [5.74, 6) is -0.564. The van der Waals surface area contributed by atoms with Gasteiger partial charge in [-0.3, -0.25) is 0 Å². The summed E-state index contributed by atoms with van der Waals surface area (Å²) < 4.78 is 42.1. The fraction of sp³-hybridized carbons (Fsp3) is 0.238. The molecule has 0 saturated carbocycles. The van der Waals surface area contributed by atoms with Crippen molar-refractivity contribution in [3.8, 4) is 11.3 Å². The van der Waals surface area contributed by atoms with E-state index in [2.05, 4.69) is 5.32 Å². The zero-order valence-corrected chi connectivity index (χ0v) is 16.1. The molecule has 2 aromatic carbocycles. The fourth-order valence-electron chi connectivity index (χ4n) is 3.89. The number of benzene rings is 2. The highest BCUT2D eigenvalue weighted by Crippen LogP contribution is 2.40. The molecule has 3 aromatic rings. The zero-order chi connectivity index (χ0) is 19.2. The minimum Gasteiger partial charge on any atom is -0.313 e. The smallest absolute Gasteiger partial charge is 0.268 e. The molecule has 1 heterocycles. The molecule has 1 N–H and O–H groups in total. The van der Waals surface area contributed by atoms with E-state index in [0.717, 1.165) is 34.9 Å². The Kier molecular flexibility index (Phi) is 4.40. The minimum absolute atomic E-state index is 0.0383.